The van der Waals surface area contributed by atoms with Gasteiger partial charge in [0.15, 0.2) is 6.21 Å². The molecule has 1 aliphatic rings. The molecule has 2 aromatic rings. The van der Waals surface area contributed by atoms with Crippen molar-refractivity contribution < 1.29 is 17.4 Å². The van der Waals surface area contributed by atoms with Gasteiger partial charge in [-0.25, -0.2) is 4.99 Å². The molecule has 0 radical (unpaired) electrons. The van der Waals surface area contributed by atoms with Crippen LogP contribution in [-0.4, -0.2) is 6.21 Å². The van der Waals surface area contributed by atoms with Crippen LogP contribution in [0.4, 0.5) is 11.4 Å². The van der Waals surface area contributed by atoms with Gasteiger partial charge in [0.2, 0.25) is 5.69 Å². The van der Waals surface area contributed by atoms with Crippen LogP contribution in [0.3, 0.4) is 0 Å². The number of halogens is 2. The van der Waals surface area contributed by atoms with Crippen LogP contribution in [0.1, 0.15) is 12.8 Å². The van der Waals surface area contributed by atoms with Crippen molar-refractivity contribution in [1.82, 2.24) is 0 Å². The summed E-state index contributed by atoms with van der Waals surface area (Å²) in [4.78, 5) is 3.30. The lowest BCUT2D eigenvalue weighted by molar-refractivity contribution is -0.347. The minimum atomic E-state index is 0. The summed E-state index contributed by atoms with van der Waals surface area (Å²) in [5.41, 5.74) is 4.43. The maximum atomic E-state index is 6.48. The SMILES string of the molecule is ClC1=C(C=[NH+]c2ccccc2)CC/C1=C/Nc1ccccc1.[Cl-]. The second-order valence-corrected chi connectivity index (χ2v) is 5.55. The van der Waals surface area contributed by atoms with Crippen molar-refractivity contribution in [1.29, 1.82) is 0 Å². The van der Waals surface area contributed by atoms with Crippen molar-refractivity contribution in [3.8, 4) is 0 Å². The van der Waals surface area contributed by atoms with Gasteiger partial charge in [-0.1, -0.05) is 48.0 Å². The first kappa shape index (κ1) is 17.3. The minimum Gasteiger partial charge on any atom is -1.00 e. The molecule has 3 rings (SSSR count). The zero-order valence-electron chi connectivity index (χ0n) is 12.6. The van der Waals surface area contributed by atoms with Crippen LogP contribution in [-0.2, 0) is 0 Å². The van der Waals surface area contributed by atoms with Crippen LogP contribution in [0.5, 0.6) is 0 Å². The Bertz CT molecular complexity index is 720. The minimum absolute atomic E-state index is 0. The van der Waals surface area contributed by atoms with E-state index in [4.69, 9.17) is 11.6 Å². The summed E-state index contributed by atoms with van der Waals surface area (Å²) >= 11 is 6.48. The molecule has 1 aliphatic carbocycles. The smallest absolute Gasteiger partial charge is 0.203 e. The third kappa shape index (κ3) is 4.72. The predicted molar refractivity (Wildman–Crippen MR) is 93.4 cm³/mol. The van der Waals surface area contributed by atoms with E-state index in [1.165, 1.54) is 0 Å². The van der Waals surface area contributed by atoms with Gasteiger partial charge >= 0.3 is 0 Å². The molecule has 4 heteroatoms. The first-order valence-corrected chi connectivity index (χ1v) is 7.75. The summed E-state index contributed by atoms with van der Waals surface area (Å²) in [5.74, 6) is 0. The molecule has 0 amide bonds. The lowest BCUT2D eigenvalue weighted by Gasteiger charge is -2.02. The number of hydrogen-bond acceptors (Lipinski definition) is 1. The summed E-state index contributed by atoms with van der Waals surface area (Å²) in [6.07, 6.45) is 5.92. The Hall–Kier alpha value is -2.03. The molecule has 0 aliphatic heterocycles. The molecule has 0 aromatic heterocycles. The lowest BCUT2D eigenvalue weighted by Crippen LogP contribution is -3.00. The van der Waals surface area contributed by atoms with Crippen LogP contribution in [0, 0.1) is 0 Å². The summed E-state index contributed by atoms with van der Waals surface area (Å²) in [6.45, 7) is 0. The zero-order chi connectivity index (χ0) is 15.2. The predicted octanol–water partition coefficient (Wildman–Crippen LogP) is 0.756. The average Bonchev–Trinajstić information content (AvgIpc) is 2.93. The van der Waals surface area contributed by atoms with Crippen molar-refractivity contribution in [2.24, 2.45) is 0 Å². The number of benzene rings is 2. The van der Waals surface area contributed by atoms with Gasteiger partial charge in [0.05, 0.1) is 5.03 Å². The number of allylic oxidation sites excluding steroid dienone is 3. The number of nitrogens with one attached hydrogen (secondary N) is 2. The highest BCUT2D eigenvalue weighted by Gasteiger charge is 2.18. The number of hydrogen-bond donors (Lipinski definition) is 2. The van der Waals surface area contributed by atoms with Gasteiger partial charge in [-0.2, -0.15) is 0 Å². The molecular formula is C19H18Cl2N2. The van der Waals surface area contributed by atoms with Crippen LogP contribution >= 0.6 is 11.6 Å². The molecule has 2 N–H and O–H groups in total. The fourth-order valence-electron chi connectivity index (χ4n) is 2.38. The highest BCUT2D eigenvalue weighted by atomic mass is 35.5. The van der Waals surface area contributed by atoms with Gasteiger partial charge < -0.3 is 17.7 Å². The van der Waals surface area contributed by atoms with E-state index in [-0.39, 0.29) is 12.4 Å². The standard InChI is InChI=1S/C19H17ClN2.ClH/c20-19-15(13-21-17-7-3-1-4-8-17)11-12-16(19)14-22-18-9-5-2-6-10-18;/h1-10,13-14,21H,11-12H2;1H/b15-13-,22-14?;. The van der Waals surface area contributed by atoms with Gasteiger partial charge in [-0.15, -0.1) is 0 Å². The van der Waals surface area contributed by atoms with Crippen molar-refractivity contribution in [2.45, 2.75) is 12.8 Å². The molecule has 118 valence electrons. The van der Waals surface area contributed by atoms with E-state index in [0.29, 0.717) is 0 Å². The fraction of sp³-hybridized carbons (Fsp3) is 0.105. The van der Waals surface area contributed by atoms with E-state index in [2.05, 4.69) is 10.3 Å². The largest absolute Gasteiger partial charge is 1.00 e. The van der Waals surface area contributed by atoms with Gasteiger partial charge in [-0.05, 0) is 30.5 Å². The van der Waals surface area contributed by atoms with E-state index in [1.54, 1.807) is 0 Å². The molecule has 0 saturated carbocycles. The van der Waals surface area contributed by atoms with E-state index in [9.17, 15) is 0 Å². The van der Waals surface area contributed by atoms with Crippen molar-refractivity contribution in [3.05, 3.63) is 83.0 Å². The van der Waals surface area contributed by atoms with Crippen LogP contribution in [0.15, 0.2) is 83.0 Å². The highest BCUT2D eigenvalue weighted by molar-refractivity contribution is 6.34. The van der Waals surface area contributed by atoms with Gasteiger partial charge in [0.1, 0.15) is 0 Å². The zero-order valence-corrected chi connectivity index (χ0v) is 14.1. The maximum Gasteiger partial charge on any atom is 0.203 e. The van der Waals surface area contributed by atoms with E-state index in [1.807, 2.05) is 73.1 Å². The van der Waals surface area contributed by atoms with Crippen LogP contribution in [0.2, 0.25) is 0 Å². The van der Waals surface area contributed by atoms with Gasteiger partial charge in [-0.3, -0.25) is 0 Å². The number of rotatable bonds is 4. The second kappa shape index (κ2) is 8.56. The Morgan fingerprint density at radius 2 is 1.57 bits per heavy atom. The van der Waals surface area contributed by atoms with Gasteiger partial charge in [0.25, 0.3) is 0 Å². The summed E-state index contributed by atoms with van der Waals surface area (Å²) < 4.78 is 0. The van der Waals surface area contributed by atoms with E-state index >= 15 is 0 Å². The molecule has 0 unspecified atom stereocenters. The Kier molecular flexibility index (Phi) is 6.45. The van der Waals surface area contributed by atoms with Crippen molar-refractivity contribution in [2.75, 3.05) is 5.32 Å². The third-order valence-corrected chi connectivity index (χ3v) is 4.09. The molecule has 2 nitrogen and oxygen atoms in total. The summed E-state index contributed by atoms with van der Waals surface area (Å²) in [7, 11) is 0. The second-order valence-electron chi connectivity index (χ2n) is 5.17. The molecular weight excluding hydrogens is 327 g/mol. The first-order chi connectivity index (χ1) is 10.8. The lowest BCUT2D eigenvalue weighted by atomic mass is 10.2. The normalized spacial score (nSPS) is 16.0. The molecule has 0 atom stereocenters. The van der Waals surface area contributed by atoms with Crippen molar-refractivity contribution >= 4 is 29.2 Å². The molecule has 0 fully saturated rings. The Labute approximate surface area is 148 Å². The van der Waals surface area contributed by atoms with Crippen molar-refractivity contribution in [3.63, 3.8) is 0 Å². The Balaban J connectivity index is 0.00000192. The molecule has 0 saturated heterocycles. The molecule has 0 heterocycles. The molecule has 0 spiro atoms. The quantitative estimate of drug-likeness (QED) is 0.787. The first-order valence-electron chi connectivity index (χ1n) is 7.37. The molecule has 23 heavy (non-hydrogen) atoms. The van der Waals surface area contributed by atoms with E-state index < -0.39 is 0 Å². The topological polar surface area (TPSA) is 26.0 Å². The number of anilines is 1. The van der Waals surface area contributed by atoms with Crippen LogP contribution in [0.25, 0.3) is 0 Å². The third-order valence-electron chi connectivity index (χ3n) is 3.60. The van der Waals surface area contributed by atoms with E-state index in [0.717, 1.165) is 40.4 Å². The Morgan fingerprint density at radius 1 is 0.913 bits per heavy atom. The fourth-order valence-corrected chi connectivity index (χ4v) is 2.67. The summed E-state index contributed by atoms with van der Waals surface area (Å²) in [5, 5.41) is 4.14. The van der Waals surface area contributed by atoms with Crippen LogP contribution < -0.4 is 22.7 Å². The molecule has 2 aromatic carbocycles. The Morgan fingerprint density at radius 3 is 2.26 bits per heavy atom. The molecule has 0 bridgehead atoms. The highest BCUT2D eigenvalue weighted by Crippen LogP contribution is 2.32. The maximum absolute atomic E-state index is 6.48. The van der Waals surface area contributed by atoms with Gasteiger partial charge in [0, 0.05) is 29.6 Å². The average molecular weight is 345 g/mol. The monoisotopic (exact) mass is 344 g/mol. The number of para-hydroxylation sites is 2. The summed E-state index contributed by atoms with van der Waals surface area (Å²) in [6, 6.07) is 20.2.